The van der Waals surface area contributed by atoms with Crippen LogP contribution in [0.1, 0.15) is 16.7 Å². The Morgan fingerprint density at radius 1 is 1.36 bits per heavy atom. The molecule has 0 fully saturated rings. The number of nitriles is 1. The lowest BCUT2D eigenvalue weighted by Crippen LogP contribution is -2.02. The van der Waals surface area contributed by atoms with E-state index >= 15 is 0 Å². The van der Waals surface area contributed by atoms with Crippen molar-refractivity contribution in [2.75, 3.05) is 0 Å². The van der Waals surface area contributed by atoms with Crippen LogP contribution in [0, 0.1) is 27.3 Å². The summed E-state index contributed by atoms with van der Waals surface area (Å²) in [6.07, 6.45) is 2.38. The second-order valence-corrected chi connectivity index (χ2v) is 5.23. The molecule has 0 aliphatic heterocycles. The normalized spacial score (nSPS) is 10.4. The van der Waals surface area contributed by atoms with Crippen molar-refractivity contribution in [2.24, 2.45) is 0 Å². The summed E-state index contributed by atoms with van der Waals surface area (Å²) in [5, 5.41) is 19.4. The van der Waals surface area contributed by atoms with E-state index in [4.69, 9.17) is 21.6 Å². The van der Waals surface area contributed by atoms with Crippen LogP contribution in [0.4, 0.5) is 10.1 Å². The van der Waals surface area contributed by atoms with E-state index in [1.165, 1.54) is 36.4 Å². The number of benzene rings is 2. The van der Waals surface area contributed by atoms with Crippen molar-refractivity contribution in [3.05, 3.63) is 80.1 Å². The third-order valence-electron chi connectivity index (χ3n) is 3.13. The highest BCUT2D eigenvalue weighted by Crippen LogP contribution is 2.25. The number of hydrogen-bond acceptors (Lipinski definition) is 5. The standard InChI is InChI=1S/C17H10ClFN2O4/c18-14-5-2-11(8-16(14)21(23)24)3-6-17(22)25-10-13-4-1-12(9-20)7-15(13)19/h1-8H,10H2/b6-3+. The molecule has 0 saturated heterocycles. The molecule has 0 N–H and O–H groups in total. The van der Waals surface area contributed by atoms with Crippen molar-refractivity contribution < 1.29 is 18.8 Å². The Kier molecular flexibility index (Phi) is 5.82. The lowest BCUT2D eigenvalue weighted by molar-refractivity contribution is -0.384. The van der Waals surface area contributed by atoms with Gasteiger partial charge in [-0.05, 0) is 29.8 Å². The average molecular weight is 361 g/mol. The van der Waals surface area contributed by atoms with Crippen molar-refractivity contribution in [3.8, 4) is 6.07 Å². The molecule has 6 nitrogen and oxygen atoms in total. The van der Waals surface area contributed by atoms with Crippen LogP contribution in [0.3, 0.4) is 0 Å². The second-order valence-electron chi connectivity index (χ2n) is 4.83. The summed E-state index contributed by atoms with van der Waals surface area (Å²) in [7, 11) is 0. The molecule has 0 heterocycles. The minimum Gasteiger partial charge on any atom is -0.458 e. The fourth-order valence-electron chi connectivity index (χ4n) is 1.87. The van der Waals surface area contributed by atoms with Crippen LogP contribution in [0.5, 0.6) is 0 Å². The molecular weight excluding hydrogens is 351 g/mol. The number of ether oxygens (including phenoxy) is 1. The highest BCUT2D eigenvalue weighted by atomic mass is 35.5. The Balaban J connectivity index is 2.01. The predicted octanol–water partition coefficient (Wildman–Crippen LogP) is 4.02. The SMILES string of the molecule is N#Cc1ccc(COC(=O)/C=C/c2ccc(Cl)c([N+](=O)[O-])c2)c(F)c1. The van der Waals surface area contributed by atoms with Crippen LogP contribution in [0.15, 0.2) is 42.5 Å². The van der Waals surface area contributed by atoms with Gasteiger partial charge in [0.25, 0.3) is 5.69 Å². The third-order valence-corrected chi connectivity index (χ3v) is 3.45. The maximum Gasteiger partial charge on any atom is 0.331 e. The Morgan fingerprint density at radius 2 is 2.12 bits per heavy atom. The monoisotopic (exact) mass is 360 g/mol. The van der Waals surface area contributed by atoms with Gasteiger partial charge in [-0.1, -0.05) is 23.7 Å². The van der Waals surface area contributed by atoms with Crippen molar-refractivity contribution in [2.45, 2.75) is 6.61 Å². The molecule has 0 atom stereocenters. The third kappa shape index (κ3) is 4.86. The molecule has 2 aromatic rings. The summed E-state index contributed by atoms with van der Waals surface area (Å²) < 4.78 is 18.6. The number of carbonyl (C=O) groups excluding carboxylic acids is 1. The molecule has 0 aromatic heterocycles. The molecule has 2 rings (SSSR count). The molecule has 0 spiro atoms. The zero-order valence-electron chi connectivity index (χ0n) is 12.6. The van der Waals surface area contributed by atoms with Crippen LogP contribution in [0.25, 0.3) is 6.08 Å². The zero-order chi connectivity index (χ0) is 18.4. The Morgan fingerprint density at radius 3 is 2.76 bits per heavy atom. The number of nitro benzene ring substituents is 1. The van der Waals surface area contributed by atoms with Gasteiger partial charge in [0.1, 0.15) is 17.4 Å². The molecule has 25 heavy (non-hydrogen) atoms. The molecule has 2 aromatic carbocycles. The minimum absolute atomic E-state index is 0.0129. The van der Waals surface area contributed by atoms with E-state index in [-0.39, 0.29) is 28.4 Å². The van der Waals surface area contributed by atoms with Gasteiger partial charge in [0.05, 0.1) is 16.6 Å². The van der Waals surface area contributed by atoms with E-state index in [2.05, 4.69) is 0 Å². The van der Waals surface area contributed by atoms with E-state index in [9.17, 15) is 19.3 Å². The number of esters is 1. The zero-order valence-corrected chi connectivity index (χ0v) is 13.4. The van der Waals surface area contributed by atoms with Gasteiger partial charge in [-0.2, -0.15) is 5.26 Å². The largest absolute Gasteiger partial charge is 0.458 e. The molecule has 0 radical (unpaired) electrons. The Hall–Kier alpha value is -3.24. The number of rotatable bonds is 5. The summed E-state index contributed by atoms with van der Waals surface area (Å²) in [6, 6.07) is 9.67. The van der Waals surface area contributed by atoms with Gasteiger partial charge >= 0.3 is 5.97 Å². The van der Waals surface area contributed by atoms with Gasteiger partial charge in [-0.25, -0.2) is 9.18 Å². The Bertz CT molecular complexity index is 906. The lowest BCUT2D eigenvalue weighted by Gasteiger charge is -2.04. The lowest BCUT2D eigenvalue weighted by atomic mass is 10.1. The first-order chi connectivity index (χ1) is 11.9. The first-order valence-corrected chi connectivity index (χ1v) is 7.26. The number of nitrogens with zero attached hydrogens (tertiary/aromatic N) is 2. The summed E-state index contributed by atoms with van der Waals surface area (Å²) in [4.78, 5) is 21.8. The van der Waals surface area contributed by atoms with Gasteiger partial charge in [-0.15, -0.1) is 0 Å². The number of carbonyl (C=O) groups is 1. The van der Waals surface area contributed by atoms with Crippen LogP contribution >= 0.6 is 11.6 Å². The maximum atomic E-state index is 13.7. The highest BCUT2D eigenvalue weighted by Gasteiger charge is 2.12. The molecular formula is C17H10ClFN2O4. The quantitative estimate of drug-likeness (QED) is 0.347. The van der Waals surface area contributed by atoms with Gasteiger partial charge in [0.15, 0.2) is 0 Å². The van der Waals surface area contributed by atoms with Crippen molar-refractivity contribution >= 4 is 29.3 Å². The number of nitro groups is 1. The van der Waals surface area contributed by atoms with Gasteiger partial charge in [0.2, 0.25) is 0 Å². The van der Waals surface area contributed by atoms with Crippen LogP contribution in [0.2, 0.25) is 5.02 Å². The molecule has 8 heteroatoms. The summed E-state index contributed by atoms with van der Waals surface area (Å²) in [5.41, 5.74) is 0.397. The van der Waals surface area contributed by atoms with E-state index < -0.39 is 16.7 Å². The van der Waals surface area contributed by atoms with E-state index in [0.29, 0.717) is 5.56 Å². The number of halogens is 2. The van der Waals surface area contributed by atoms with Gasteiger partial charge < -0.3 is 4.74 Å². The molecule has 0 unspecified atom stereocenters. The fourth-order valence-corrected chi connectivity index (χ4v) is 2.06. The average Bonchev–Trinajstić information content (AvgIpc) is 2.59. The summed E-state index contributed by atoms with van der Waals surface area (Å²) in [5.74, 6) is -1.40. The van der Waals surface area contributed by atoms with E-state index in [0.717, 1.165) is 12.1 Å². The van der Waals surface area contributed by atoms with E-state index in [1.807, 2.05) is 0 Å². The summed E-state index contributed by atoms with van der Waals surface area (Å²) >= 11 is 5.69. The molecule has 0 aliphatic carbocycles. The first-order valence-electron chi connectivity index (χ1n) is 6.88. The van der Waals surface area contributed by atoms with Crippen LogP contribution in [-0.2, 0) is 16.1 Å². The highest BCUT2D eigenvalue weighted by molar-refractivity contribution is 6.32. The minimum atomic E-state index is -0.749. The van der Waals surface area contributed by atoms with Crippen molar-refractivity contribution in [1.82, 2.24) is 0 Å². The second kappa shape index (κ2) is 8.04. The van der Waals surface area contributed by atoms with Gasteiger partial charge in [0, 0.05) is 17.7 Å². The van der Waals surface area contributed by atoms with Gasteiger partial charge in [-0.3, -0.25) is 10.1 Å². The fraction of sp³-hybridized carbons (Fsp3) is 0.0588. The maximum absolute atomic E-state index is 13.7. The van der Waals surface area contributed by atoms with E-state index in [1.54, 1.807) is 6.07 Å². The topological polar surface area (TPSA) is 93.2 Å². The smallest absolute Gasteiger partial charge is 0.331 e. The first kappa shape index (κ1) is 18.1. The molecule has 0 saturated carbocycles. The van der Waals surface area contributed by atoms with Crippen LogP contribution < -0.4 is 0 Å². The molecule has 0 bridgehead atoms. The van der Waals surface area contributed by atoms with Crippen LogP contribution in [-0.4, -0.2) is 10.9 Å². The molecule has 0 amide bonds. The predicted molar refractivity (Wildman–Crippen MR) is 88.1 cm³/mol. The molecule has 0 aliphatic rings. The van der Waals surface area contributed by atoms with Crippen molar-refractivity contribution in [1.29, 1.82) is 5.26 Å². The Labute approximate surface area is 146 Å². The van der Waals surface area contributed by atoms with Crippen molar-refractivity contribution in [3.63, 3.8) is 0 Å². The number of hydrogen-bond donors (Lipinski definition) is 0. The summed E-state index contributed by atoms with van der Waals surface area (Å²) in [6.45, 7) is -0.304. The molecule has 126 valence electrons.